The van der Waals surface area contributed by atoms with Crippen LogP contribution in [0.2, 0.25) is 0 Å². The number of hydrogen-bond acceptors (Lipinski definition) is 3. The second kappa shape index (κ2) is 7.53. The van der Waals surface area contributed by atoms with E-state index >= 15 is 0 Å². The molecule has 25 heavy (non-hydrogen) atoms. The summed E-state index contributed by atoms with van der Waals surface area (Å²) in [7, 11) is 0. The number of aryl methyl sites for hydroxylation is 3. The van der Waals surface area contributed by atoms with E-state index < -0.39 is 0 Å². The van der Waals surface area contributed by atoms with E-state index in [4.69, 9.17) is 4.74 Å². The Hall–Kier alpha value is -2.59. The number of thiophene rings is 1. The summed E-state index contributed by atoms with van der Waals surface area (Å²) in [5.41, 5.74) is 5.33. The molecule has 0 spiro atoms. The first-order valence-electron chi connectivity index (χ1n) is 8.16. The van der Waals surface area contributed by atoms with E-state index in [0.717, 1.165) is 17.0 Å². The molecule has 1 aromatic heterocycles. The minimum atomic E-state index is -0.0912. The third-order valence-corrected chi connectivity index (χ3v) is 4.77. The average molecular weight is 351 g/mol. The molecule has 3 rings (SSSR count). The van der Waals surface area contributed by atoms with Crippen LogP contribution in [0.4, 0.5) is 5.69 Å². The number of carbonyl (C=O) groups is 1. The van der Waals surface area contributed by atoms with E-state index in [0.29, 0.717) is 11.5 Å². The van der Waals surface area contributed by atoms with Crippen molar-refractivity contribution in [1.82, 2.24) is 0 Å². The van der Waals surface area contributed by atoms with Crippen molar-refractivity contribution >= 4 is 22.9 Å². The smallest absolute Gasteiger partial charge is 0.265 e. The van der Waals surface area contributed by atoms with E-state index in [-0.39, 0.29) is 5.91 Å². The molecule has 0 bridgehead atoms. The highest BCUT2D eigenvalue weighted by Crippen LogP contribution is 2.21. The Kier molecular flexibility index (Phi) is 5.19. The van der Waals surface area contributed by atoms with Crippen molar-refractivity contribution in [2.24, 2.45) is 0 Å². The highest BCUT2D eigenvalue weighted by atomic mass is 32.1. The van der Waals surface area contributed by atoms with Crippen LogP contribution in [0.3, 0.4) is 0 Å². The normalized spacial score (nSPS) is 10.5. The lowest BCUT2D eigenvalue weighted by atomic mass is 10.1. The van der Waals surface area contributed by atoms with Crippen molar-refractivity contribution in [3.63, 3.8) is 0 Å². The maximum absolute atomic E-state index is 12.3. The fraction of sp³-hybridized carbons (Fsp3) is 0.190. The number of benzene rings is 2. The Bertz CT molecular complexity index is 861. The van der Waals surface area contributed by atoms with Gasteiger partial charge < -0.3 is 10.1 Å². The van der Waals surface area contributed by atoms with Gasteiger partial charge in [0.25, 0.3) is 5.91 Å². The number of nitrogens with one attached hydrogen (secondary N) is 1. The molecule has 0 saturated heterocycles. The highest BCUT2D eigenvalue weighted by Gasteiger charge is 2.10. The molecular weight excluding hydrogens is 330 g/mol. The molecule has 0 atom stereocenters. The maximum Gasteiger partial charge on any atom is 0.265 e. The van der Waals surface area contributed by atoms with E-state index in [2.05, 4.69) is 25.2 Å². The number of ether oxygens (including phenoxy) is 1. The van der Waals surface area contributed by atoms with Gasteiger partial charge in [-0.2, -0.15) is 0 Å². The van der Waals surface area contributed by atoms with Gasteiger partial charge in [0.15, 0.2) is 0 Å². The summed E-state index contributed by atoms with van der Waals surface area (Å²) in [4.78, 5) is 13.0. The summed E-state index contributed by atoms with van der Waals surface area (Å²) < 4.78 is 5.85. The Morgan fingerprint density at radius 1 is 0.960 bits per heavy atom. The first kappa shape index (κ1) is 17.2. The Balaban J connectivity index is 1.61. The summed E-state index contributed by atoms with van der Waals surface area (Å²) in [5, 5.41) is 4.88. The Labute approximate surface area is 152 Å². The molecular formula is C21H21NO2S. The summed E-state index contributed by atoms with van der Waals surface area (Å²) in [6.07, 6.45) is 0. The molecule has 3 aromatic rings. The number of rotatable bonds is 5. The molecule has 1 amide bonds. The lowest BCUT2D eigenvalue weighted by Gasteiger charge is -2.07. The zero-order valence-electron chi connectivity index (χ0n) is 14.6. The molecule has 3 nitrogen and oxygen atoms in total. The van der Waals surface area contributed by atoms with Crippen LogP contribution in [-0.2, 0) is 6.61 Å². The minimum Gasteiger partial charge on any atom is -0.489 e. The third-order valence-electron chi connectivity index (χ3n) is 3.79. The van der Waals surface area contributed by atoms with Gasteiger partial charge in [-0.3, -0.25) is 4.79 Å². The van der Waals surface area contributed by atoms with Gasteiger partial charge in [0.05, 0.1) is 4.88 Å². The molecule has 2 aromatic carbocycles. The standard InChI is InChI=1S/C21H21NO2S/c1-14-4-6-18(7-5-14)22-21(23)20-11-17(13-25-20)12-24-19-9-15(2)8-16(3)10-19/h4-11,13H,12H2,1-3H3,(H,22,23). The molecule has 0 saturated carbocycles. The second-order valence-corrected chi connectivity index (χ2v) is 7.16. The molecule has 4 heteroatoms. The number of carbonyl (C=O) groups excluding carboxylic acids is 1. The van der Waals surface area contributed by atoms with Crippen LogP contribution in [0.15, 0.2) is 53.9 Å². The van der Waals surface area contributed by atoms with E-state index in [1.165, 1.54) is 28.0 Å². The van der Waals surface area contributed by atoms with Gasteiger partial charge in [-0.25, -0.2) is 0 Å². The topological polar surface area (TPSA) is 38.3 Å². The quantitative estimate of drug-likeness (QED) is 0.659. The average Bonchev–Trinajstić information content (AvgIpc) is 3.03. The van der Waals surface area contributed by atoms with E-state index in [1.54, 1.807) is 0 Å². The summed E-state index contributed by atoms with van der Waals surface area (Å²) in [6, 6.07) is 15.8. The summed E-state index contributed by atoms with van der Waals surface area (Å²) >= 11 is 1.43. The van der Waals surface area contributed by atoms with Gasteiger partial charge >= 0.3 is 0 Å². The lowest BCUT2D eigenvalue weighted by Crippen LogP contribution is -2.10. The van der Waals surface area contributed by atoms with Gasteiger partial charge in [0.1, 0.15) is 12.4 Å². The zero-order chi connectivity index (χ0) is 17.8. The molecule has 0 aliphatic rings. The molecule has 0 aliphatic carbocycles. The van der Waals surface area contributed by atoms with Crippen LogP contribution < -0.4 is 10.1 Å². The van der Waals surface area contributed by atoms with Crippen LogP contribution in [0, 0.1) is 20.8 Å². The van der Waals surface area contributed by atoms with Gasteiger partial charge in [-0.15, -0.1) is 11.3 Å². The van der Waals surface area contributed by atoms with E-state index in [1.807, 2.05) is 54.8 Å². The number of hydrogen-bond donors (Lipinski definition) is 1. The first-order valence-corrected chi connectivity index (χ1v) is 9.04. The van der Waals surface area contributed by atoms with Crippen molar-refractivity contribution in [3.05, 3.63) is 81.0 Å². The highest BCUT2D eigenvalue weighted by molar-refractivity contribution is 7.12. The number of anilines is 1. The van der Waals surface area contributed by atoms with Crippen molar-refractivity contribution in [3.8, 4) is 5.75 Å². The van der Waals surface area contributed by atoms with Crippen LogP contribution in [-0.4, -0.2) is 5.91 Å². The van der Waals surface area contributed by atoms with Crippen molar-refractivity contribution in [2.75, 3.05) is 5.32 Å². The fourth-order valence-electron chi connectivity index (χ4n) is 2.58. The lowest BCUT2D eigenvalue weighted by molar-refractivity contribution is 0.103. The van der Waals surface area contributed by atoms with E-state index in [9.17, 15) is 4.79 Å². The van der Waals surface area contributed by atoms with Crippen LogP contribution in [0.1, 0.15) is 31.9 Å². The third kappa shape index (κ3) is 4.70. The summed E-state index contributed by atoms with van der Waals surface area (Å²) in [6.45, 7) is 6.58. The molecule has 128 valence electrons. The minimum absolute atomic E-state index is 0.0912. The van der Waals surface area contributed by atoms with Crippen LogP contribution in [0.25, 0.3) is 0 Å². The van der Waals surface area contributed by atoms with Gasteiger partial charge in [0.2, 0.25) is 0 Å². The van der Waals surface area contributed by atoms with Crippen LogP contribution in [0.5, 0.6) is 5.75 Å². The van der Waals surface area contributed by atoms with Gasteiger partial charge in [-0.05, 0) is 67.6 Å². The molecule has 0 fully saturated rings. The van der Waals surface area contributed by atoms with Crippen molar-refractivity contribution in [2.45, 2.75) is 27.4 Å². The monoisotopic (exact) mass is 351 g/mol. The predicted molar refractivity (Wildman–Crippen MR) is 104 cm³/mol. The molecule has 0 radical (unpaired) electrons. The van der Waals surface area contributed by atoms with Crippen molar-refractivity contribution in [1.29, 1.82) is 0 Å². The largest absolute Gasteiger partial charge is 0.489 e. The fourth-order valence-corrected chi connectivity index (χ4v) is 3.37. The van der Waals surface area contributed by atoms with Gasteiger partial charge in [-0.1, -0.05) is 23.8 Å². The maximum atomic E-state index is 12.3. The molecule has 1 N–H and O–H groups in total. The molecule has 1 heterocycles. The second-order valence-electron chi connectivity index (χ2n) is 6.25. The van der Waals surface area contributed by atoms with Gasteiger partial charge in [0, 0.05) is 11.3 Å². The first-order chi connectivity index (χ1) is 12.0. The molecule has 0 aliphatic heterocycles. The van der Waals surface area contributed by atoms with Crippen molar-refractivity contribution < 1.29 is 9.53 Å². The Morgan fingerprint density at radius 3 is 2.32 bits per heavy atom. The Morgan fingerprint density at radius 2 is 1.64 bits per heavy atom. The SMILES string of the molecule is Cc1ccc(NC(=O)c2cc(COc3cc(C)cc(C)c3)cs2)cc1. The molecule has 0 unspecified atom stereocenters. The summed E-state index contributed by atoms with van der Waals surface area (Å²) in [5.74, 6) is 0.765. The van der Waals surface area contributed by atoms with Crippen LogP contribution >= 0.6 is 11.3 Å². The predicted octanol–water partition coefficient (Wildman–Crippen LogP) is 5.50. The zero-order valence-corrected chi connectivity index (χ0v) is 15.4. The number of amides is 1.